The van der Waals surface area contributed by atoms with E-state index >= 15 is 0 Å². The van der Waals surface area contributed by atoms with Crippen molar-refractivity contribution < 1.29 is 4.79 Å². The third kappa shape index (κ3) is 2.48. The Labute approximate surface area is 126 Å². The van der Waals surface area contributed by atoms with Gasteiger partial charge in [0, 0.05) is 24.8 Å². The number of carbonyl (C=O) groups excluding carboxylic acids is 1. The number of rotatable bonds is 2. The highest BCUT2D eigenvalue weighted by Gasteiger charge is 2.14. The minimum atomic E-state index is -0.299. The molecule has 106 valence electrons. The number of aromatic nitrogens is 3. The fourth-order valence-electron chi connectivity index (χ4n) is 2.07. The SMILES string of the molecule is Cc1cc(Cl)c(C(=O)Nc2nccn3ccnc23)cc1C. The van der Waals surface area contributed by atoms with Crippen LogP contribution in [0, 0.1) is 13.8 Å². The average Bonchev–Trinajstić information content (AvgIpc) is 2.92. The van der Waals surface area contributed by atoms with E-state index in [2.05, 4.69) is 15.3 Å². The van der Waals surface area contributed by atoms with Crippen molar-refractivity contribution in [3.63, 3.8) is 0 Å². The number of anilines is 1. The van der Waals surface area contributed by atoms with Gasteiger partial charge in [0.05, 0.1) is 10.6 Å². The molecule has 1 N–H and O–H groups in total. The molecule has 0 unspecified atom stereocenters. The molecule has 1 aromatic carbocycles. The van der Waals surface area contributed by atoms with Gasteiger partial charge in [0.2, 0.25) is 0 Å². The van der Waals surface area contributed by atoms with E-state index in [0.29, 0.717) is 22.1 Å². The number of nitrogens with zero attached hydrogens (tertiary/aromatic N) is 3. The summed E-state index contributed by atoms with van der Waals surface area (Å²) >= 11 is 6.16. The lowest BCUT2D eigenvalue weighted by molar-refractivity contribution is 0.102. The Morgan fingerprint density at radius 1 is 1.14 bits per heavy atom. The second-order valence-electron chi connectivity index (χ2n) is 4.80. The van der Waals surface area contributed by atoms with Gasteiger partial charge in [0.25, 0.3) is 5.91 Å². The lowest BCUT2D eigenvalue weighted by atomic mass is 10.1. The van der Waals surface area contributed by atoms with Crippen LogP contribution in [0.15, 0.2) is 36.9 Å². The van der Waals surface area contributed by atoms with Crippen molar-refractivity contribution in [2.24, 2.45) is 0 Å². The normalized spacial score (nSPS) is 10.8. The molecule has 0 saturated carbocycles. The van der Waals surface area contributed by atoms with E-state index in [-0.39, 0.29) is 5.91 Å². The molecule has 2 heterocycles. The van der Waals surface area contributed by atoms with Crippen LogP contribution in [0.25, 0.3) is 5.65 Å². The van der Waals surface area contributed by atoms with Crippen LogP contribution in [0.3, 0.4) is 0 Å². The minimum absolute atomic E-state index is 0.299. The van der Waals surface area contributed by atoms with Gasteiger partial charge in [0.15, 0.2) is 11.5 Å². The number of hydrogen-bond acceptors (Lipinski definition) is 3. The molecule has 0 aliphatic heterocycles. The molecule has 0 fully saturated rings. The van der Waals surface area contributed by atoms with Crippen LogP contribution >= 0.6 is 11.6 Å². The quantitative estimate of drug-likeness (QED) is 0.790. The molecule has 0 bridgehead atoms. The van der Waals surface area contributed by atoms with Crippen molar-refractivity contribution in [1.82, 2.24) is 14.4 Å². The summed E-state index contributed by atoms with van der Waals surface area (Å²) in [6, 6.07) is 3.56. The number of imidazole rings is 1. The number of benzene rings is 1. The van der Waals surface area contributed by atoms with Gasteiger partial charge >= 0.3 is 0 Å². The summed E-state index contributed by atoms with van der Waals surface area (Å²) < 4.78 is 1.78. The lowest BCUT2D eigenvalue weighted by Gasteiger charge is -2.09. The molecular formula is C15H13ClN4O. The smallest absolute Gasteiger partial charge is 0.258 e. The lowest BCUT2D eigenvalue weighted by Crippen LogP contribution is -2.15. The Morgan fingerprint density at radius 2 is 1.81 bits per heavy atom. The molecular weight excluding hydrogens is 288 g/mol. The zero-order chi connectivity index (χ0) is 15.0. The first kappa shape index (κ1) is 13.6. The average molecular weight is 301 g/mol. The second-order valence-corrected chi connectivity index (χ2v) is 5.21. The predicted octanol–water partition coefficient (Wildman–Crippen LogP) is 3.25. The first-order valence-electron chi connectivity index (χ1n) is 6.42. The van der Waals surface area contributed by atoms with Crippen LogP contribution in [0.2, 0.25) is 5.02 Å². The highest BCUT2D eigenvalue weighted by Crippen LogP contribution is 2.22. The van der Waals surface area contributed by atoms with Crippen molar-refractivity contribution in [2.45, 2.75) is 13.8 Å². The van der Waals surface area contributed by atoms with Crippen LogP contribution in [0.1, 0.15) is 21.5 Å². The second kappa shape index (κ2) is 5.18. The molecule has 6 heteroatoms. The maximum Gasteiger partial charge on any atom is 0.258 e. The third-order valence-corrected chi connectivity index (χ3v) is 3.68. The predicted molar refractivity (Wildman–Crippen MR) is 81.9 cm³/mol. The Bertz CT molecular complexity index is 841. The van der Waals surface area contributed by atoms with Crippen LogP contribution < -0.4 is 5.32 Å². The van der Waals surface area contributed by atoms with Crippen molar-refractivity contribution in [3.05, 3.63) is 58.6 Å². The molecule has 0 aliphatic rings. The summed E-state index contributed by atoms with van der Waals surface area (Å²) in [6.07, 6.45) is 6.80. The van der Waals surface area contributed by atoms with Gasteiger partial charge in [-0.25, -0.2) is 9.97 Å². The molecule has 1 amide bonds. The monoisotopic (exact) mass is 300 g/mol. The molecule has 21 heavy (non-hydrogen) atoms. The van der Waals surface area contributed by atoms with Gasteiger partial charge in [-0.05, 0) is 37.1 Å². The summed E-state index contributed by atoms with van der Waals surface area (Å²) in [4.78, 5) is 20.7. The molecule has 0 radical (unpaired) electrons. The molecule has 2 aromatic heterocycles. The van der Waals surface area contributed by atoms with Gasteiger partial charge in [0.1, 0.15) is 0 Å². The molecule has 0 saturated heterocycles. The van der Waals surface area contributed by atoms with Crippen LogP contribution in [-0.4, -0.2) is 20.3 Å². The summed E-state index contributed by atoms with van der Waals surface area (Å²) in [6.45, 7) is 3.89. The molecule has 0 spiro atoms. The van der Waals surface area contributed by atoms with E-state index in [4.69, 9.17) is 11.6 Å². The Hall–Kier alpha value is -2.40. The maximum atomic E-state index is 12.4. The Balaban J connectivity index is 1.97. The van der Waals surface area contributed by atoms with Crippen molar-refractivity contribution in [1.29, 1.82) is 0 Å². The Morgan fingerprint density at radius 3 is 2.57 bits per heavy atom. The summed E-state index contributed by atoms with van der Waals surface area (Å²) in [5.41, 5.74) is 3.07. The molecule has 3 rings (SSSR count). The first-order valence-corrected chi connectivity index (χ1v) is 6.80. The number of amides is 1. The standard InChI is InChI=1S/C15H13ClN4O/c1-9-7-11(12(16)8-10(9)2)15(21)19-13-14-18-4-6-20(14)5-3-17-13/h3-8H,1-2H3,(H,17,19,21). The van der Waals surface area contributed by atoms with Gasteiger partial charge in [-0.3, -0.25) is 4.79 Å². The van der Waals surface area contributed by atoms with Crippen LogP contribution in [0.4, 0.5) is 5.82 Å². The van der Waals surface area contributed by atoms with Crippen LogP contribution in [0.5, 0.6) is 0 Å². The molecule has 5 nitrogen and oxygen atoms in total. The van der Waals surface area contributed by atoms with E-state index in [0.717, 1.165) is 11.1 Å². The minimum Gasteiger partial charge on any atom is -0.303 e. The van der Waals surface area contributed by atoms with E-state index in [1.165, 1.54) is 0 Å². The van der Waals surface area contributed by atoms with Gasteiger partial charge in [-0.1, -0.05) is 11.6 Å². The number of halogens is 1. The van der Waals surface area contributed by atoms with Gasteiger partial charge < -0.3 is 9.72 Å². The Kier molecular flexibility index (Phi) is 3.35. The van der Waals surface area contributed by atoms with Crippen LogP contribution in [-0.2, 0) is 0 Å². The fraction of sp³-hybridized carbons (Fsp3) is 0.133. The van der Waals surface area contributed by atoms with Gasteiger partial charge in [-0.15, -0.1) is 0 Å². The topological polar surface area (TPSA) is 59.3 Å². The summed E-state index contributed by atoms with van der Waals surface area (Å²) in [5.74, 6) is 0.105. The molecule has 0 atom stereocenters. The number of carbonyl (C=O) groups is 1. The van der Waals surface area contributed by atoms with E-state index in [9.17, 15) is 4.79 Å². The highest BCUT2D eigenvalue weighted by molar-refractivity contribution is 6.34. The fourth-order valence-corrected chi connectivity index (χ4v) is 2.38. The first-order chi connectivity index (χ1) is 10.1. The molecule has 3 aromatic rings. The van der Waals surface area contributed by atoms with E-state index in [1.807, 2.05) is 13.8 Å². The summed E-state index contributed by atoms with van der Waals surface area (Å²) in [5, 5.41) is 3.18. The zero-order valence-electron chi connectivity index (χ0n) is 11.6. The van der Waals surface area contributed by atoms with E-state index in [1.54, 1.807) is 41.3 Å². The largest absolute Gasteiger partial charge is 0.303 e. The number of aryl methyl sites for hydroxylation is 2. The highest BCUT2D eigenvalue weighted by atomic mass is 35.5. The summed E-state index contributed by atoms with van der Waals surface area (Å²) in [7, 11) is 0. The van der Waals surface area contributed by atoms with Crippen molar-refractivity contribution in [3.8, 4) is 0 Å². The molecule has 0 aliphatic carbocycles. The third-order valence-electron chi connectivity index (χ3n) is 3.37. The zero-order valence-corrected chi connectivity index (χ0v) is 12.3. The number of nitrogens with one attached hydrogen (secondary N) is 1. The van der Waals surface area contributed by atoms with Crippen molar-refractivity contribution >= 4 is 29.0 Å². The number of fused-ring (bicyclic) bond motifs is 1. The van der Waals surface area contributed by atoms with E-state index < -0.39 is 0 Å². The maximum absolute atomic E-state index is 12.4. The van der Waals surface area contributed by atoms with Gasteiger partial charge in [-0.2, -0.15) is 0 Å². The van der Waals surface area contributed by atoms with Crippen molar-refractivity contribution in [2.75, 3.05) is 5.32 Å². The number of hydrogen-bond donors (Lipinski definition) is 1.